The van der Waals surface area contributed by atoms with Crippen LogP contribution in [0.15, 0.2) is 23.0 Å². The number of benzene rings is 1. The van der Waals surface area contributed by atoms with E-state index in [1.807, 2.05) is 0 Å². The molecular formula is C19H20ClFN6O2. The Balaban J connectivity index is 1.46. The van der Waals surface area contributed by atoms with Gasteiger partial charge in [-0.1, -0.05) is 22.9 Å². The molecule has 4 rings (SSSR count). The van der Waals surface area contributed by atoms with Gasteiger partial charge >= 0.3 is 0 Å². The van der Waals surface area contributed by atoms with Crippen molar-refractivity contribution in [2.45, 2.75) is 32.7 Å². The van der Waals surface area contributed by atoms with Crippen molar-refractivity contribution in [3.05, 3.63) is 50.8 Å². The summed E-state index contributed by atoms with van der Waals surface area (Å²) < 4.78 is 14.8. The van der Waals surface area contributed by atoms with Crippen LogP contribution in [0.2, 0.25) is 5.02 Å². The van der Waals surface area contributed by atoms with Gasteiger partial charge in [0, 0.05) is 24.7 Å². The minimum absolute atomic E-state index is 0.0444. The van der Waals surface area contributed by atoms with Crippen LogP contribution in [0.4, 0.5) is 4.39 Å². The normalized spacial score (nSPS) is 17.1. The number of carbonyl (C=O) groups excluding carboxylic acids is 1. The van der Waals surface area contributed by atoms with Gasteiger partial charge < -0.3 is 9.88 Å². The zero-order valence-electron chi connectivity index (χ0n) is 15.9. The largest absolute Gasteiger partial charge is 0.342 e. The van der Waals surface area contributed by atoms with Crippen LogP contribution in [-0.4, -0.2) is 48.9 Å². The van der Waals surface area contributed by atoms with E-state index >= 15 is 0 Å². The molecule has 3 aromatic rings. The van der Waals surface area contributed by atoms with Crippen molar-refractivity contribution in [2.75, 3.05) is 13.1 Å². The van der Waals surface area contributed by atoms with Gasteiger partial charge in [0.25, 0.3) is 5.56 Å². The van der Waals surface area contributed by atoms with Gasteiger partial charge in [0.1, 0.15) is 11.6 Å². The Bertz CT molecular complexity index is 1130. The van der Waals surface area contributed by atoms with Crippen LogP contribution in [0.5, 0.6) is 0 Å². The minimum Gasteiger partial charge on any atom is -0.342 e. The summed E-state index contributed by atoms with van der Waals surface area (Å²) in [7, 11) is 0. The number of H-pyrrole nitrogens is 1. The minimum atomic E-state index is -0.424. The maximum Gasteiger partial charge on any atom is 0.281 e. The molecule has 0 saturated carbocycles. The highest BCUT2D eigenvalue weighted by Crippen LogP contribution is 2.22. The van der Waals surface area contributed by atoms with E-state index in [0.717, 1.165) is 12.8 Å². The molecule has 1 aliphatic rings. The molecule has 0 spiro atoms. The maximum absolute atomic E-state index is 13.2. The molecule has 0 bridgehead atoms. The summed E-state index contributed by atoms with van der Waals surface area (Å²) in [4.78, 5) is 33.5. The van der Waals surface area contributed by atoms with E-state index in [1.54, 1.807) is 22.6 Å². The van der Waals surface area contributed by atoms with Crippen LogP contribution >= 0.6 is 11.6 Å². The Hall–Kier alpha value is -2.81. The van der Waals surface area contributed by atoms with Gasteiger partial charge in [-0.15, -0.1) is 5.10 Å². The summed E-state index contributed by atoms with van der Waals surface area (Å²) >= 11 is 6.05. The number of nitrogens with zero attached hydrogens (tertiary/aromatic N) is 5. The van der Waals surface area contributed by atoms with Gasteiger partial charge in [0.05, 0.1) is 6.42 Å². The first-order chi connectivity index (χ1) is 13.9. The van der Waals surface area contributed by atoms with Crippen molar-refractivity contribution in [1.29, 1.82) is 0 Å². The number of aromatic amines is 1. The Labute approximate surface area is 170 Å². The number of hydrogen-bond acceptors (Lipinski definition) is 5. The number of aryl methyl sites for hydroxylation is 1. The van der Waals surface area contributed by atoms with E-state index in [4.69, 9.17) is 11.6 Å². The lowest BCUT2D eigenvalue weighted by Crippen LogP contribution is -2.42. The predicted molar refractivity (Wildman–Crippen MR) is 105 cm³/mol. The quantitative estimate of drug-likeness (QED) is 0.699. The van der Waals surface area contributed by atoms with Gasteiger partial charge in [0.15, 0.2) is 11.2 Å². The average Bonchev–Trinajstić information content (AvgIpc) is 3.07. The molecule has 29 heavy (non-hydrogen) atoms. The van der Waals surface area contributed by atoms with Crippen molar-refractivity contribution in [1.82, 2.24) is 29.9 Å². The molecule has 1 fully saturated rings. The fraction of sp³-hybridized carbons (Fsp3) is 0.421. The van der Waals surface area contributed by atoms with Crippen LogP contribution in [0.25, 0.3) is 11.2 Å². The van der Waals surface area contributed by atoms with E-state index < -0.39 is 5.82 Å². The Morgan fingerprint density at radius 2 is 2.24 bits per heavy atom. The molecule has 3 heterocycles. The first-order valence-corrected chi connectivity index (χ1v) is 9.80. The third-order valence-corrected chi connectivity index (χ3v) is 5.50. The molecule has 8 nitrogen and oxygen atoms in total. The number of carbonyl (C=O) groups is 1. The highest BCUT2D eigenvalue weighted by atomic mass is 35.5. The monoisotopic (exact) mass is 418 g/mol. The molecule has 1 saturated heterocycles. The molecule has 2 aromatic heterocycles. The maximum atomic E-state index is 13.2. The van der Waals surface area contributed by atoms with E-state index in [2.05, 4.69) is 20.3 Å². The molecule has 0 unspecified atom stereocenters. The summed E-state index contributed by atoms with van der Waals surface area (Å²) in [6, 6.07) is 4.07. The third kappa shape index (κ3) is 4.14. The molecule has 0 aliphatic carbocycles. The van der Waals surface area contributed by atoms with Crippen LogP contribution in [0.3, 0.4) is 0 Å². The number of hydrogen-bond donors (Lipinski definition) is 1. The lowest BCUT2D eigenvalue weighted by molar-refractivity contribution is -0.132. The second-order valence-corrected chi connectivity index (χ2v) is 7.76. The summed E-state index contributed by atoms with van der Waals surface area (Å²) in [5, 5.41) is 8.27. The lowest BCUT2D eigenvalue weighted by atomic mass is 9.97. The van der Waals surface area contributed by atoms with Gasteiger partial charge in [-0.05, 0) is 43.4 Å². The second-order valence-electron chi connectivity index (χ2n) is 7.36. The van der Waals surface area contributed by atoms with Crippen molar-refractivity contribution in [3.63, 3.8) is 0 Å². The third-order valence-electron chi connectivity index (χ3n) is 5.15. The Morgan fingerprint density at radius 3 is 3.03 bits per heavy atom. The Morgan fingerprint density at radius 1 is 1.41 bits per heavy atom. The molecule has 1 aromatic carbocycles. The van der Waals surface area contributed by atoms with Crippen molar-refractivity contribution in [2.24, 2.45) is 5.92 Å². The molecule has 152 valence electrons. The number of aromatic nitrogens is 5. The van der Waals surface area contributed by atoms with Gasteiger partial charge in [0.2, 0.25) is 5.91 Å². The molecule has 0 radical (unpaired) electrons. The lowest BCUT2D eigenvalue weighted by Gasteiger charge is -2.32. The van der Waals surface area contributed by atoms with Crippen LogP contribution in [0.1, 0.15) is 24.2 Å². The highest BCUT2D eigenvalue weighted by Gasteiger charge is 2.25. The van der Waals surface area contributed by atoms with Crippen LogP contribution in [0, 0.1) is 18.7 Å². The molecule has 1 aliphatic heterocycles. The fourth-order valence-electron chi connectivity index (χ4n) is 3.72. The van der Waals surface area contributed by atoms with E-state index in [-0.39, 0.29) is 34.3 Å². The predicted octanol–water partition coefficient (Wildman–Crippen LogP) is 2.10. The zero-order valence-corrected chi connectivity index (χ0v) is 16.6. The van der Waals surface area contributed by atoms with Gasteiger partial charge in [-0.25, -0.2) is 14.1 Å². The number of piperidine rings is 1. The first-order valence-electron chi connectivity index (χ1n) is 9.42. The van der Waals surface area contributed by atoms with E-state index in [9.17, 15) is 14.0 Å². The standard InChI is InChI=1S/C19H20ClFN6O2/c1-11-22-18-17(19(29)23-11)24-25-27(18)10-12-3-2-6-26(9-12)16(28)7-13-4-5-14(21)8-15(13)20/h4-5,8,12H,2-3,6-7,9-10H2,1H3,(H,22,23,29)/t12-/m1/s1. The fourth-order valence-corrected chi connectivity index (χ4v) is 3.96. The SMILES string of the molecule is Cc1nc2c(nnn2C[C@@H]2CCCN(C(=O)Cc3ccc(F)cc3Cl)C2)c(=O)[nH]1. The molecule has 1 atom stereocenters. The average molecular weight is 419 g/mol. The van der Waals surface area contributed by atoms with Gasteiger partial charge in [-0.2, -0.15) is 0 Å². The molecular weight excluding hydrogens is 399 g/mol. The highest BCUT2D eigenvalue weighted by molar-refractivity contribution is 6.31. The summed E-state index contributed by atoms with van der Waals surface area (Å²) in [5.74, 6) is 0.203. The summed E-state index contributed by atoms with van der Waals surface area (Å²) in [5.41, 5.74) is 0.967. The summed E-state index contributed by atoms with van der Waals surface area (Å²) in [6.07, 6.45) is 1.94. The molecule has 1 amide bonds. The van der Waals surface area contributed by atoms with Crippen LogP contribution in [-0.2, 0) is 17.8 Å². The van der Waals surface area contributed by atoms with Crippen molar-refractivity contribution >= 4 is 28.7 Å². The number of halogens is 2. The number of rotatable bonds is 4. The topological polar surface area (TPSA) is 96.8 Å². The van der Waals surface area contributed by atoms with E-state index in [0.29, 0.717) is 36.7 Å². The number of amides is 1. The van der Waals surface area contributed by atoms with Crippen molar-refractivity contribution < 1.29 is 9.18 Å². The Kier molecular flexibility index (Phi) is 5.31. The zero-order chi connectivity index (χ0) is 20.5. The number of likely N-dealkylation sites (tertiary alicyclic amines) is 1. The smallest absolute Gasteiger partial charge is 0.281 e. The second kappa shape index (κ2) is 7.90. The van der Waals surface area contributed by atoms with Crippen molar-refractivity contribution in [3.8, 4) is 0 Å². The molecule has 1 N–H and O–H groups in total. The number of nitrogens with one attached hydrogen (secondary N) is 1. The number of fused-ring (bicyclic) bond motifs is 1. The van der Waals surface area contributed by atoms with E-state index in [1.165, 1.54) is 12.1 Å². The van der Waals surface area contributed by atoms with Crippen LogP contribution < -0.4 is 5.56 Å². The first kappa shape index (κ1) is 19.5. The van der Waals surface area contributed by atoms with Gasteiger partial charge in [-0.3, -0.25) is 9.59 Å². The summed E-state index contributed by atoms with van der Waals surface area (Å²) in [6.45, 7) is 3.47. The molecule has 10 heteroatoms.